The smallest absolute Gasteiger partial charge is 0.340 e. The van der Waals surface area contributed by atoms with Crippen LogP contribution in [-0.2, 0) is 4.74 Å². The van der Waals surface area contributed by atoms with Crippen molar-refractivity contribution in [1.29, 1.82) is 0 Å². The Balaban J connectivity index is 2.53. The number of nitrogens with zero attached hydrogens (tertiary/aromatic N) is 1. The lowest BCUT2D eigenvalue weighted by Crippen LogP contribution is -2.48. The third kappa shape index (κ3) is 1.85. The molecule has 0 atom stereocenters. The number of methoxy groups -OCH3 is 1. The van der Waals surface area contributed by atoms with Crippen LogP contribution in [0.1, 0.15) is 24.2 Å². The van der Waals surface area contributed by atoms with E-state index < -0.39 is 11.5 Å². The molecule has 0 aliphatic carbocycles. The maximum atomic E-state index is 11.7. The van der Waals surface area contributed by atoms with Crippen molar-refractivity contribution in [2.45, 2.75) is 19.4 Å². The monoisotopic (exact) mass is 248 g/mol. The summed E-state index contributed by atoms with van der Waals surface area (Å²) in [6.07, 6.45) is 0. The van der Waals surface area contributed by atoms with Crippen LogP contribution in [0.4, 0.5) is 11.4 Å². The number of rotatable bonds is 1. The first-order chi connectivity index (χ1) is 8.49. The summed E-state index contributed by atoms with van der Waals surface area (Å²) >= 11 is 0. The number of fused-ring (bicyclic) bond motifs is 1. The Morgan fingerprint density at radius 1 is 1.44 bits per heavy atom. The molecule has 0 bridgehead atoms. The van der Waals surface area contributed by atoms with E-state index >= 15 is 0 Å². The summed E-state index contributed by atoms with van der Waals surface area (Å²) in [6, 6.07) is 5.36. The van der Waals surface area contributed by atoms with E-state index in [-0.39, 0.29) is 0 Å². The van der Waals surface area contributed by atoms with E-state index in [1.54, 1.807) is 12.1 Å². The lowest BCUT2D eigenvalue weighted by Gasteiger charge is -2.36. The summed E-state index contributed by atoms with van der Waals surface area (Å²) in [4.78, 5) is 11.7. The summed E-state index contributed by atoms with van der Waals surface area (Å²) in [5.74, 6) is 5.52. The van der Waals surface area contributed by atoms with Gasteiger partial charge >= 0.3 is 5.97 Å². The van der Waals surface area contributed by atoms with Crippen molar-refractivity contribution >= 4 is 23.2 Å². The minimum Gasteiger partial charge on any atom is -0.465 e. The highest BCUT2D eigenvalue weighted by Crippen LogP contribution is 2.34. The quantitative estimate of drug-likeness (QED) is 0.397. The lowest BCUT2D eigenvalue weighted by molar-refractivity contribution is 0.0602. The first-order valence-electron chi connectivity index (χ1n) is 5.54. The molecule has 0 radical (unpaired) electrons. The molecular formula is C12H16N4O2. The Morgan fingerprint density at radius 3 is 2.78 bits per heavy atom. The number of carbonyl (C=O) groups excluding carboxylic acids is 1. The Kier molecular flexibility index (Phi) is 2.86. The average molecular weight is 248 g/mol. The SMILES string of the molecule is COC(=O)c1cccc2c1N/C(=N\N)C(C)(C)N2. The summed E-state index contributed by atoms with van der Waals surface area (Å²) in [5, 5.41) is 10.1. The summed E-state index contributed by atoms with van der Waals surface area (Å²) in [7, 11) is 1.35. The number of ether oxygens (including phenoxy) is 1. The number of carbonyl (C=O) groups is 1. The van der Waals surface area contributed by atoms with Gasteiger partial charge in [0.1, 0.15) is 0 Å². The molecule has 6 heteroatoms. The van der Waals surface area contributed by atoms with E-state index in [0.29, 0.717) is 17.1 Å². The molecule has 18 heavy (non-hydrogen) atoms. The Morgan fingerprint density at radius 2 is 2.17 bits per heavy atom. The van der Waals surface area contributed by atoms with Crippen LogP contribution >= 0.6 is 0 Å². The van der Waals surface area contributed by atoms with E-state index in [2.05, 4.69) is 15.7 Å². The molecule has 1 aliphatic rings. The fraction of sp³-hybridized carbons (Fsp3) is 0.333. The first-order valence-corrected chi connectivity index (χ1v) is 5.54. The normalized spacial score (nSPS) is 18.5. The van der Waals surface area contributed by atoms with Crippen molar-refractivity contribution in [2.75, 3.05) is 17.7 Å². The van der Waals surface area contributed by atoms with Crippen LogP contribution in [0.2, 0.25) is 0 Å². The van der Waals surface area contributed by atoms with Gasteiger partial charge in [0.25, 0.3) is 0 Å². The fourth-order valence-corrected chi connectivity index (χ4v) is 1.94. The number of hydrogen-bond donors (Lipinski definition) is 3. The third-order valence-electron chi connectivity index (χ3n) is 2.88. The topological polar surface area (TPSA) is 88.7 Å². The van der Waals surface area contributed by atoms with E-state index in [1.807, 2.05) is 19.9 Å². The van der Waals surface area contributed by atoms with Crippen molar-refractivity contribution in [1.82, 2.24) is 0 Å². The van der Waals surface area contributed by atoms with Crippen molar-refractivity contribution < 1.29 is 9.53 Å². The predicted molar refractivity (Wildman–Crippen MR) is 70.7 cm³/mol. The number of benzene rings is 1. The Labute approximate surface area is 105 Å². The van der Waals surface area contributed by atoms with Crippen LogP contribution in [-0.4, -0.2) is 24.5 Å². The first kappa shape index (κ1) is 12.2. The zero-order valence-electron chi connectivity index (χ0n) is 10.6. The fourth-order valence-electron chi connectivity index (χ4n) is 1.94. The molecule has 1 aliphatic heterocycles. The van der Waals surface area contributed by atoms with E-state index in [1.165, 1.54) is 7.11 Å². The molecular weight excluding hydrogens is 232 g/mol. The predicted octanol–water partition coefficient (Wildman–Crippen LogP) is 1.36. The molecule has 0 unspecified atom stereocenters. The van der Waals surface area contributed by atoms with E-state index in [9.17, 15) is 4.79 Å². The van der Waals surface area contributed by atoms with Gasteiger partial charge in [0.15, 0.2) is 5.84 Å². The van der Waals surface area contributed by atoms with Crippen LogP contribution in [0.5, 0.6) is 0 Å². The van der Waals surface area contributed by atoms with Gasteiger partial charge in [-0.1, -0.05) is 6.07 Å². The molecule has 0 amide bonds. The van der Waals surface area contributed by atoms with Crippen molar-refractivity contribution in [3.63, 3.8) is 0 Å². The van der Waals surface area contributed by atoms with Crippen LogP contribution in [0.3, 0.4) is 0 Å². The number of anilines is 2. The second-order valence-electron chi connectivity index (χ2n) is 4.57. The standard InChI is InChI=1S/C12H16N4O2/c1-12(2)11(16-13)14-9-7(10(17)18-3)5-4-6-8(9)15-12/h4-6,15H,13H2,1-3H3,(H,14,16). The summed E-state index contributed by atoms with van der Waals surface area (Å²) in [5.41, 5.74) is 1.47. The molecule has 2 rings (SSSR count). The number of para-hydroxylation sites is 1. The number of nitrogens with one attached hydrogen (secondary N) is 2. The molecule has 6 nitrogen and oxygen atoms in total. The van der Waals surface area contributed by atoms with Gasteiger partial charge in [0.2, 0.25) is 0 Å². The zero-order chi connectivity index (χ0) is 13.3. The van der Waals surface area contributed by atoms with Gasteiger partial charge in [-0.3, -0.25) is 0 Å². The minimum absolute atomic E-state index is 0.405. The molecule has 0 aromatic heterocycles. The Hall–Kier alpha value is -2.24. The van der Waals surface area contributed by atoms with Crippen molar-refractivity contribution in [2.24, 2.45) is 10.9 Å². The second kappa shape index (κ2) is 4.21. The highest BCUT2D eigenvalue weighted by molar-refractivity contribution is 6.13. The minimum atomic E-state index is -0.420. The van der Waals surface area contributed by atoms with Gasteiger partial charge in [-0.2, -0.15) is 5.10 Å². The molecule has 0 saturated carbocycles. The number of esters is 1. The summed E-state index contributed by atoms with van der Waals surface area (Å²) in [6.45, 7) is 3.89. The van der Waals surface area contributed by atoms with Gasteiger partial charge < -0.3 is 21.2 Å². The van der Waals surface area contributed by atoms with Gasteiger partial charge in [0, 0.05) is 0 Å². The molecule has 96 valence electrons. The van der Waals surface area contributed by atoms with Crippen LogP contribution < -0.4 is 16.5 Å². The molecule has 1 heterocycles. The second-order valence-corrected chi connectivity index (χ2v) is 4.57. The molecule has 1 aromatic carbocycles. The maximum absolute atomic E-state index is 11.7. The number of hydrogen-bond acceptors (Lipinski definition) is 5. The van der Waals surface area contributed by atoms with E-state index in [0.717, 1.165) is 5.69 Å². The maximum Gasteiger partial charge on any atom is 0.340 e. The van der Waals surface area contributed by atoms with E-state index in [4.69, 9.17) is 10.6 Å². The van der Waals surface area contributed by atoms with Crippen LogP contribution in [0.25, 0.3) is 0 Å². The summed E-state index contributed by atoms with van der Waals surface area (Å²) < 4.78 is 4.75. The van der Waals surface area contributed by atoms with Crippen LogP contribution in [0.15, 0.2) is 23.3 Å². The lowest BCUT2D eigenvalue weighted by atomic mass is 9.97. The van der Waals surface area contributed by atoms with Gasteiger partial charge in [-0.25, -0.2) is 4.79 Å². The molecule has 0 saturated heterocycles. The molecule has 4 N–H and O–H groups in total. The van der Waals surface area contributed by atoms with Crippen LogP contribution in [0, 0.1) is 0 Å². The number of hydrazone groups is 1. The third-order valence-corrected chi connectivity index (χ3v) is 2.88. The zero-order valence-corrected chi connectivity index (χ0v) is 10.6. The Bertz CT molecular complexity index is 523. The average Bonchev–Trinajstić information content (AvgIpc) is 2.35. The molecule has 1 aromatic rings. The molecule has 0 fully saturated rings. The highest BCUT2D eigenvalue weighted by atomic mass is 16.5. The van der Waals surface area contributed by atoms with Crippen molar-refractivity contribution in [3.8, 4) is 0 Å². The van der Waals surface area contributed by atoms with Gasteiger partial charge in [-0.05, 0) is 26.0 Å². The van der Waals surface area contributed by atoms with Crippen molar-refractivity contribution in [3.05, 3.63) is 23.8 Å². The number of amidine groups is 1. The highest BCUT2D eigenvalue weighted by Gasteiger charge is 2.33. The van der Waals surface area contributed by atoms with Gasteiger partial charge in [-0.15, -0.1) is 0 Å². The van der Waals surface area contributed by atoms with Gasteiger partial charge in [0.05, 0.1) is 29.6 Å². The molecule has 0 spiro atoms. The largest absolute Gasteiger partial charge is 0.465 e. The number of nitrogens with two attached hydrogens (primary N) is 1.